The van der Waals surface area contributed by atoms with Gasteiger partial charge in [-0.15, -0.1) is 0 Å². The van der Waals surface area contributed by atoms with Gasteiger partial charge < -0.3 is 9.42 Å². The molecule has 0 unspecified atom stereocenters. The Labute approximate surface area is 179 Å². The molecule has 0 radical (unpaired) electrons. The number of rotatable bonds is 3. The minimum atomic E-state index is -2.63. The standard InChI is InChI=1S/C22H27F2N5O2/c1-12-18-14(19(23)24)10-15(25-20(18)31-27-12)13-6-8-29(9-7-13)21(30)16-11-17(22(2,3)4)26-28(16)5/h10-11,13,19H,6-9H2,1-5H3. The quantitative estimate of drug-likeness (QED) is 0.609. The van der Waals surface area contributed by atoms with Crippen molar-refractivity contribution in [2.45, 2.75) is 58.3 Å². The van der Waals surface area contributed by atoms with Crippen LogP contribution in [-0.4, -0.2) is 43.8 Å². The largest absolute Gasteiger partial charge is 0.337 e. The molecular formula is C22H27F2N5O2. The number of hydrogen-bond acceptors (Lipinski definition) is 5. The number of hydrogen-bond donors (Lipinski definition) is 0. The Morgan fingerprint density at radius 1 is 1.23 bits per heavy atom. The smallest absolute Gasteiger partial charge is 0.272 e. The molecule has 0 atom stereocenters. The number of carbonyl (C=O) groups is 1. The maximum atomic E-state index is 13.6. The Morgan fingerprint density at radius 2 is 1.90 bits per heavy atom. The van der Waals surface area contributed by atoms with Crippen molar-refractivity contribution < 1.29 is 18.1 Å². The van der Waals surface area contributed by atoms with E-state index in [4.69, 9.17) is 4.52 Å². The average molecular weight is 431 g/mol. The van der Waals surface area contributed by atoms with Crippen molar-refractivity contribution in [1.82, 2.24) is 24.8 Å². The molecule has 9 heteroatoms. The number of pyridine rings is 1. The third-order valence-corrected chi connectivity index (χ3v) is 5.97. The number of alkyl halides is 2. The number of likely N-dealkylation sites (tertiary alicyclic amines) is 1. The Balaban J connectivity index is 1.52. The topological polar surface area (TPSA) is 77.1 Å². The monoisotopic (exact) mass is 431 g/mol. The van der Waals surface area contributed by atoms with E-state index in [1.54, 1.807) is 23.6 Å². The first kappa shape index (κ1) is 21.4. The van der Waals surface area contributed by atoms with Crippen LogP contribution < -0.4 is 0 Å². The molecule has 4 heterocycles. The van der Waals surface area contributed by atoms with Crippen molar-refractivity contribution >= 4 is 17.0 Å². The van der Waals surface area contributed by atoms with Gasteiger partial charge in [-0.3, -0.25) is 9.48 Å². The van der Waals surface area contributed by atoms with Crippen LogP contribution in [0, 0.1) is 6.92 Å². The van der Waals surface area contributed by atoms with Gasteiger partial charge in [0.05, 0.1) is 16.8 Å². The van der Waals surface area contributed by atoms with Gasteiger partial charge in [0.2, 0.25) is 0 Å². The SMILES string of the molecule is Cc1noc2nc(C3CCN(C(=O)c4cc(C(C)(C)C)nn4C)CC3)cc(C(F)F)c12. The lowest BCUT2D eigenvalue weighted by molar-refractivity contribution is 0.0701. The second-order valence-corrected chi connectivity index (χ2v) is 9.24. The highest BCUT2D eigenvalue weighted by molar-refractivity contribution is 5.92. The van der Waals surface area contributed by atoms with Crippen molar-refractivity contribution in [2.75, 3.05) is 13.1 Å². The Morgan fingerprint density at radius 3 is 2.48 bits per heavy atom. The molecule has 1 amide bonds. The van der Waals surface area contributed by atoms with Gasteiger partial charge in [0.1, 0.15) is 5.69 Å². The van der Waals surface area contributed by atoms with Gasteiger partial charge in [-0.25, -0.2) is 13.8 Å². The highest BCUT2D eigenvalue weighted by atomic mass is 19.3. The number of amides is 1. The number of nitrogens with zero attached hydrogens (tertiary/aromatic N) is 5. The summed E-state index contributed by atoms with van der Waals surface area (Å²) in [5.41, 5.74) is 2.31. The van der Waals surface area contributed by atoms with Gasteiger partial charge in [0, 0.05) is 42.7 Å². The third-order valence-electron chi connectivity index (χ3n) is 5.97. The summed E-state index contributed by atoms with van der Waals surface area (Å²) in [5, 5.41) is 8.57. The van der Waals surface area contributed by atoms with Crippen molar-refractivity contribution in [3.8, 4) is 0 Å². The summed E-state index contributed by atoms with van der Waals surface area (Å²) in [6.45, 7) is 8.86. The summed E-state index contributed by atoms with van der Waals surface area (Å²) in [7, 11) is 1.78. The van der Waals surface area contributed by atoms with Gasteiger partial charge in [-0.05, 0) is 31.9 Å². The molecule has 0 spiro atoms. The Bertz CT molecular complexity index is 1120. The number of halogens is 2. The van der Waals surface area contributed by atoms with E-state index in [1.807, 2.05) is 6.07 Å². The normalized spacial score (nSPS) is 15.9. The number of carbonyl (C=O) groups excluding carboxylic acids is 1. The lowest BCUT2D eigenvalue weighted by atomic mass is 9.91. The van der Waals surface area contributed by atoms with Crippen molar-refractivity contribution in [3.63, 3.8) is 0 Å². The lowest BCUT2D eigenvalue weighted by Crippen LogP contribution is -2.38. The maximum absolute atomic E-state index is 13.6. The first-order valence-corrected chi connectivity index (χ1v) is 10.4. The molecule has 3 aromatic rings. The van der Waals surface area contributed by atoms with Crippen molar-refractivity contribution in [1.29, 1.82) is 0 Å². The van der Waals surface area contributed by atoms with E-state index in [0.717, 1.165) is 5.69 Å². The van der Waals surface area contributed by atoms with E-state index in [-0.39, 0.29) is 33.9 Å². The minimum absolute atomic E-state index is 0.0203. The highest BCUT2D eigenvalue weighted by Crippen LogP contribution is 2.35. The van der Waals surface area contributed by atoms with Crippen LogP contribution in [0.3, 0.4) is 0 Å². The van der Waals surface area contributed by atoms with Crippen LogP contribution in [0.15, 0.2) is 16.7 Å². The summed E-state index contributed by atoms with van der Waals surface area (Å²) in [6, 6.07) is 3.32. The molecule has 1 fully saturated rings. The molecule has 4 rings (SSSR count). The summed E-state index contributed by atoms with van der Waals surface area (Å²) in [6.07, 6.45) is -1.35. The van der Waals surface area contributed by atoms with Gasteiger partial charge in [-0.1, -0.05) is 25.9 Å². The first-order chi connectivity index (χ1) is 14.6. The molecule has 0 bridgehead atoms. The first-order valence-electron chi connectivity index (χ1n) is 10.4. The summed E-state index contributed by atoms with van der Waals surface area (Å²) < 4.78 is 34.0. The van der Waals surface area contributed by atoms with Crippen LogP contribution in [0.5, 0.6) is 0 Å². The lowest BCUT2D eigenvalue weighted by Gasteiger charge is -2.31. The van der Waals surface area contributed by atoms with E-state index in [2.05, 4.69) is 36.0 Å². The van der Waals surface area contributed by atoms with E-state index in [1.165, 1.54) is 6.07 Å². The highest BCUT2D eigenvalue weighted by Gasteiger charge is 2.30. The average Bonchev–Trinajstić information content (AvgIpc) is 3.30. The Hall–Kier alpha value is -2.84. The fourth-order valence-electron chi connectivity index (χ4n) is 4.10. The molecule has 0 saturated carbocycles. The summed E-state index contributed by atoms with van der Waals surface area (Å²) >= 11 is 0. The second kappa shape index (κ2) is 7.69. The van der Waals surface area contributed by atoms with Crippen LogP contribution in [0.1, 0.15) is 79.1 Å². The van der Waals surface area contributed by atoms with Crippen LogP contribution in [-0.2, 0) is 12.5 Å². The third kappa shape index (κ3) is 3.93. The fourth-order valence-corrected chi connectivity index (χ4v) is 4.10. The minimum Gasteiger partial charge on any atom is -0.337 e. The zero-order valence-electron chi connectivity index (χ0n) is 18.4. The molecule has 0 aromatic carbocycles. The molecule has 0 N–H and O–H groups in total. The molecule has 1 aliphatic rings. The van der Waals surface area contributed by atoms with E-state index < -0.39 is 6.43 Å². The van der Waals surface area contributed by atoms with Crippen LogP contribution in [0.2, 0.25) is 0 Å². The predicted octanol–water partition coefficient (Wildman–Crippen LogP) is 4.52. The molecular weight excluding hydrogens is 404 g/mol. The fraction of sp³-hybridized carbons (Fsp3) is 0.545. The maximum Gasteiger partial charge on any atom is 0.272 e. The Kier molecular flexibility index (Phi) is 5.31. The zero-order valence-corrected chi connectivity index (χ0v) is 18.4. The molecule has 1 saturated heterocycles. The number of piperidine rings is 1. The molecule has 7 nitrogen and oxygen atoms in total. The number of aromatic nitrogens is 4. The van der Waals surface area contributed by atoms with Gasteiger partial charge >= 0.3 is 0 Å². The molecule has 0 aliphatic carbocycles. The van der Waals surface area contributed by atoms with Gasteiger partial charge in [-0.2, -0.15) is 5.10 Å². The van der Waals surface area contributed by atoms with Crippen LogP contribution in [0.25, 0.3) is 11.1 Å². The molecule has 31 heavy (non-hydrogen) atoms. The summed E-state index contributed by atoms with van der Waals surface area (Å²) in [4.78, 5) is 19.3. The van der Waals surface area contributed by atoms with E-state index in [9.17, 15) is 13.6 Å². The number of fused-ring (bicyclic) bond motifs is 1. The van der Waals surface area contributed by atoms with Crippen LogP contribution in [0.4, 0.5) is 8.78 Å². The van der Waals surface area contributed by atoms with Gasteiger partial charge in [0.15, 0.2) is 0 Å². The van der Waals surface area contributed by atoms with Crippen molar-refractivity contribution in [2.24, 2.45) is 7.05 Å². The second-order valence-electron chi connectivity index (χ2n) is 9.24. The van der Waals surface area contributed by atoms with Crippen LogP contribution >= 0.6 is 0 Å². The van der Waals surface area contributed by atoms with Gasteiger partial charge in [0.25, 0.3) is 18.0 Å². The van der Waals surface area contributed by atoms with E-state index in [0.29, 0.717) is 43.0 Å². The molecule has 3 aromatic heterocycles. The van der Waals surface area contributed by atoms with Crippen molar-refractivity contribution in [3.05, 3.63) is 40.5 Å². The van der Waals surface area contributed by atoms with E-state index >= 15 is 0 Å². The predicted molar refractivity (Wildman–Crippen MR) is 111 cm³/mol. The molecule has 166 valence electrons. The molecule has 1 aliphatic heterocycles. The summed E-state index contributed by atoms with van der Waals surface area (Å²) in [5.74, 6) is -0.0838. The number of aryl methyl sites for hydroxylation is 2. The zero-order chi connectivity index (χ0) is 22.5.